The van der Waals surface area contributed by atoms with Crippen molar-refractivity contribution in [1.82, 2.24) is 20.3 Å². The Balaban J connectivity index is 1.62. The lowest BCUT2D eigenvalue weighted by Crippen LogP contribution is -2.41. The summed E-state index contributed by atoms with van der Waals surface area (Å²) in [6.07, 6.45) is 4.93. The number of nitrogens with one attached hydrogen (secondary N) is 2. The maximum absolute atomic E-state index is 11.9. The van der Waals surface area contributed by atoms with Gasteiger partial charge in [-0.05, 0) is 25.1 Å². The molecule has 0 bridgehead atoms. The van der Waals surface area contributed by atoms with Crippen molar-refractivity contribution in [2.45, 2.75) is 27.7 Å². The first-order valence-corrected chi connectivity index (χ1v) is 9.67. The van der Waals surface area contributed by atoms with Crippen LogP contribution in [-0.4, -0.2) is 26.9 Å². The Hall–Kier alpha value is -3.33. The van der Waals surface area contributed by atoms with Gasteiger partial charge in [0.25, 0.3) is 0 Å². The highest BCUT2D eigenvalue weighted by atomic mass is 32.1. The topological polar surface area (TPSA) is 106 Å². The van der Waals surface area contributed by atoms with Crippen LogP contribution in [0.1, 0.15) is 25.8 Å². The summed E-state index contributed by atoms with van der Waals surface area (Å²) in [5.74, 6) is 1.03. The highest BCUT2D eigenvalue weighted by molar-refractivity contribution is 7.15. The summed E-state index contributed by atoms with van der Waals surface area (Å²) in [6.45, 7) is 7.11. The van der Waals surface area contributed by atoms with Gasteiger partial charge in [0, 0.05) is 23.9 Å². The lowest BCUT2D eigenvalue weighted by Gasteiger charge is -2.16. The van der Waals surface area contributed by atoms with Gasteiger partial charge in [0.05, 0.1) is 21.8 Å². The zero-order chi connectivity index (χ0) is 21.0. The monoisotopic (exact) mass is 411 g/mol. The molecule has 0 atom stereocenters. The van der Waals surface area contributed by atoms with E-state index in [0.29, 0.717) is 17.3 Å². The number of ether oxygens (including phenoxy) is 1. The molecule has 29 heavy (non-hydrogen) atoms. The Morgan fingerprint density at radius 1 is 1.03 bits per heavy atom. The molecule has 3 rings (SSSR count). The third kappa shape index (κ3) is 5.58. The smallest absolute Gasteiger partial charge is 0.327 e. The average molecular weight is 411 g/mol. The SMILES string of the molecule is Cc1ncc(-c2cc(Oc3ccc(NC(=O)NC(=O)C(C)(C)C)nc3)ccn2)s1. The van der Waals surface area contributed by atoms with E-state index in [1.165, 1.54) is 6.20 Å². The van der Waals surface area contributed by atoms with E-state index in [2.05, 4.69) is 25.6 Å². The van der Waals surface area contributed by atoms with Crippen molar-refractivity contribution in [3.8, 4) is 22.1 Å². The van der Waals surface area contributed by atoms with E-state index in [1.807, 2.05) is 13.0 Å². The van der Waals surface area contributed by atoms with Gasteiger partial charge in [-0.15, -0.1) is 11.3 Å². The van der Waals surface area contributed by atoms with Crippen molar-refractivity contribution in [3.63, 3.8) is 0 Å². The molecule has 3 aromatic rings. The second kappa shape index (κ2) is 8.36. The molecule has 0 aliphatic rings. The number of carbonyl (C=O) groups is 2. The van der Waals surface area contributed by atoms with Gasteiger partial charge >= 0.3 is 6.03 Å². The zero-order valence-electron chi connectivity index (χ0n) is 16.5. The summed E-state index contributed by atoms with van der Waals surface area (Å²) in [4.78, 5) is 37.4. The molecule has 0 fully saturated rings. The molecular weight excluding hydrogens is 390 g/mol. The van der Waals surface area contributed by atoms with E-state index in [1.54, 1.807) is 62.7 Å². The maximum Gasteiger partial charge on any atom is 0.327 e. The molecule has 8 nitrogen and oxygen atoms in total. The van der Waals surface area contributed by atoms with Gasteiger partial charge in [-0.3, -0.25) is 20.4 Å². The third-order valence-electron chi connectivity index (χ3n) is 3.73. The minimum atomic E-state index is -0.663. The van der Waals surface area contributed by atoms with Crippen LogP contribution in [0.2, 0.25) is 0 Å². The Bertz CT molecular complexity index is 1030. The summed E-state index contributed by atoms with van der Waals surface area (Å²) in [5, 5.41) is 5.76. The second-order valence-electron chi connectivity index (χ2n) is 7.26. The fourth-order valence-corrected chi connectivity index (χ4v) is 2.92. The molecule has 0 aliphatic heterocycles. The van der Waals surface area contributed by atoms with Gasteiger partial charge in [-0.1, -0.05) is 20.8 Å². The number of aryl methyl sites for hydroxylation is 1. The van der Waals surface area contributed by atoms with Crippen LogP contribution in [0.3, 0.4) is 0 Å². The van der Waals surface area contributed by atoms with Crippen LogP contribution in [0.15, 0.2) is 42.9 Å². The van der Waals surface area contributed by atoms with Gasteiger partial charge < -0.3 is 4.74 Å². The quantitative estimate of drug-likeness (QED) is 0.659. The third-order valence-corrected chi connectivity index (χ3v) is 4.66. The maximum atomic E-state index is 11.9. The summed E-state index contributed by atoms with van der Waals surface area (Å²) >= 11 is 1.56. The molecule has 0 spiro atoms. The van der Waals surface area contributed by atoms with Crippen molar-refractivity contribution in [3.05, 3.63) is 47.9 Å². The molecule has 0 aromatic carbocycles. The molecule has 2 N–H and O–H groups in total. The summed E-state index contributed by atoms with van der Waals surface area (Å²) in [5.41, 5.74) is 0.114. The number of pyridine rings is 2. The minimum absolute atomic E-state index is 0.298. The average Bonchev–Trinajstić information content (AvgIpc) is 3.09. The van der Waals surface area contributed by atoms with E-state index < -0.39 is 11.4 Å². The molecule has 0 aliphatic carbocycles. The Morgan fingerprint density at radius 2 is 1.83 bits per heavy atom. The van der Waals surface area contributed by atoms with Crippen LogP contribution in [0.25, 0.3) is 10.6 Å². The number of carbonyl (C=O) groups excluding carboxylic acids is 2. The first kappa shape index (κ1) is 20.4. The van der Waals surface area contributed by atoms with Gasteiger partial charge in [-0.2, -0.15) is 0 Å². The molecule has 150 valence electrons. The summed E-state index contributed by atoms with van der Waals surface area (Å²) < 4.78 is 5.82. The molecular formula is C20H21N5O3S. The van der Waals surface area contributed by atoms with E-state index in [9.17, 15) is 9.59 Å². The van der Waals surface area contributed by atoms with Gasteiger partial charge in [0.2, 0.25) is 5.91 Å². The van der Waals surface area contributed by atoms with Crippen LogP contribution >= 0.6 is 11.3 Å². The standard InChI is InChI=1S/C20H21N5O3S/c1-12-22-11-16(29-12)15-9-13(7-8-21-15)28-14-5-6-17(23-10-14)24-19(27)25-18(26)20(2,3)4/h5-11H,1-4H3,(H2,23,24,25,26,27). The number of imide groups is 1. The van der Waals surface area contributed by atoms with E-state index in [4.69, 9.17) is 4.74 Å². The van der Waals surface area contributed by atoms with E-state index in [0.717, 1.165) is 15.6 Å². The second-order valence-corrected chi connectivity index (χ2v) is 8.49. The van der Waals surface area contributed by atoms with Crippen molar-refractivity contribution in [1.29, 1.82) is 0 Å². The first-order valence-electron chi connectivity index (χ1n) is 8.86. The number of rotatable bonds is 4. The Kier molecular flexibility index (Phi) is 5.88. The number of nitrogens with zero attached hydrogens (tertiary/aromatic N) is 3. The number of anilines is 1. The van der Waals surface area contributed by atoms with E-state index in [-0.39, 0.29) is 5.91 Å². The van der Waals surface area contributed by atoms with Crippen LogP contribution in [0.4, 0.5) is 10.6 Å². The summed E-state index contributed by atoms with van der Waals surface area (Å²) in [6, 6.07) is 6.19. The highest BCUT2D eigenvalue weighted by Crippen LogP contribution is 2.28. The number of aromatic nitrogens is 3. The van der Waals surface area contributed by atoms with Crippen molar-refractivity contribution >= 4 is 29.1 Å². The van der Waals surface area contributed by atoms with Crippen LogP contribution < -0.4 is 15.4 Å². The normalized spacial score (nSPS) is 11.0. The fourth-order valence-electron chi connectivity index (χ4n) is 2.18. The number of hydrogen-bond acceptors (Lipinski definition) is 7. The first-order chi connectivity index (χ1) is 13.7. The number of hydrogen-bond donors (Lipinski definition) is 2. The number of thiazole rings is 1. The molecule has 3 aromatic heterocycles. The van der Waals surface area contributed by atoms with Crippen molar-refractivity contribution in [2.24, 2.45) is 5.41 Å². The predicted molar refractivity (Wildman–Crippen MR) is 111 cm³/mol. The van der Waals surface area contributed by atoms with Gasteiger partial charge in [0.15, 0.2) is 0 Å². The lowest BCUT2D eigenvalue weighted by atomic mass is 9.96. The van der Waals surface area contributed by atoms with Gasteiger partial charge in [0.1, 0.15) is 17.3 Å². The van der Waals surface area contributed by atoms with Crippen molar-refractivity contribution < 1.29 is 14.3 Å². The molecule has 0 saturated carbocycles. The molecule has 0 saturated heterocycles. The minimum Gasteiger partial charge on any atom is -0.456 e. The van der Waals surface area contributed by atoms with Crippen molar-refractivity contribution in [2.75, 3.05) is 5.32 Å². The molecule has 3 amide bonds. The Morgan fingerprint density at radius 3 is 2.45 bits per heavy atom. The lowest BCUT2D eigenvalue weighted by molar-refractivity contribution is -0.127. The Labute approximate surface area is 172 Å². The molecule has 9 heteroatoms. The summed E-state index contributed by atoms with van der Waals surface area (Å²) in [7, 11) is 0. The predicted octanol–water partition coefficient (Wildman–Crippen LogP) is 4.40. The largest absolute Gasteiger partial charge is 0.456 e. The molecule has 3 heterocycles. The molecule has 0 radical (unpaired) electrons. The highest BCUT2D eigenvalue weighted by Gasteiger charge is 2.23. The molecule has 0 unspecified atom stereocenters. The number of urea groups is 1. The fraction of sp³-hybridized carbons (Fsp3) is 0.250. The van der Waals surface area contributed by atoms with E-state index >= 15 is 0 Å². The number of amides is 3. The van der Waals surface area contributed by atoms with Crippen LogP contribution in [-0.2, 0) is 4.79 Å². The zero-order valence-corrected chi connectivity index (χ0v) is 17.3. The van der Waals surface area contributed by atoms with Crippen LogP contribution in [0.5, 0.6) is 11.5 Å². The van der Waals surface area contributed by atoms with Crippen LogP contribution in [0, 0.1) is 12.3 Å². The van der Waals surface area contributed by atoms with Gasteiger partial charge in [-0.25, -0.2) is 14.8 Å².